The summed E-state index contributed by atoms with van der Waals surface area (Å²) in [6.07, 6.45) is 8.51. The van der Waals surface area contributed by atoms with Crippen LogP contribution in [0.1, 0.15) is 39.0 Å². The molecule has 0 spiro atoms. The van der Waals surface area contributed by atoms with Crippen molar-refractivity contribution in [2.45, 2.75) is 39.0 Å². The van der Waals surface area contributed by atoms with Crippen molar-refractivity contribution in [2.75, 3.05) is 0 Å². The second-order valence-electron chi connectivity index (χ2n) is 2.34. The van der Waals surface area contributed by atoms with E-state index < -0.39 is 0 Å². The zero-order valence-electron chi connectivity index (χ0n) is 6.37. The molecule has 0 N–H and O–H groups in total. The fourth-order valence-corrected chi connectivity index (χ4v) is 1.20. The van der Waals surface area contributed by atoms with Gasteiger partial charge in [0.05, 0.1) is 3.04 Å². The third-order valence-electron chi connectivity index (χ3n) is 1.36. The van der Waals surface area contributed by atoms with E-state index in [0.29, 0.717) is 0 Å². The van der Waals surface area contributed by atoms with E-state index in [2.05, 4.69) is 35.6 Å². The molecule has 0 radical (unpaired) electrons. The van der Waals surface area contributed by atoms with E-state index in [1.165, 1.54) is 25.7 Å². The lowest BCUT2D eigenvalue weighted by molar-refractivity contribution is 0.674. The second-order valence-corrected chi connectivity index (χ2v) is 4.55. The fraction of sp³-hybridized carbons (Fsp3) is 0.750. The highest BCUT2D eigenvalue weighted by Crippen LogP contribution is 2.13. The van der Waals surface area contributed by atoms with Crippen molar-refractivity contribution in [2.24, 2.45) is 0 Å². The van der Waals surface area contributed by atoms with Crippen LogP contribution in [0.3, 0.4) is 0 Å². The number of hydrogen-bond acceptors (Lipinski definition) is 0. The van der Waals surface area contributed by atoms with Gasteiger partial charge in [-0.1, -0.05) is 43.9 Å². The first kappa shape index (κ1) is 10.8. The minimum absolute atomic E-state index is 0.897. The normalized spacial score (nSPS) is 12.1. The molecule has 0 saturated heterocycles. The molecule has 0 saturated carbocycles. The molecule has 2 heteroatoms. The summed E-state index contributed by atoms with van der Waals surface area (Å²) in [6.45, 7) is 2.22. The Balaban J connectivity index is 2.98. The summed E-state index contributed by atoms with van der Waals surface area (Å²) >= 11 is 7.77. The van der Waals surface area contributed by atoms with Crippen LogP contribution < -0.4 is 0 Å². The third-order valence-corrected chi connectivity index (χ3v) is 1.95. The van der Waals surface area contributed by atoms with Crippen LogP contribution in [0.15, 0.2) is 9.12 Å². The molecule has 0 nitrogen and oxygen atoms in total. The number of halogens is 2. The van der Waals surface area contributed by atoms with E-state index in [1.807, 2.05) is 0 Å². The summed E-state index contributed by atoms with van der Waals surface area (Å²) in [5.41, 5.74) is 0. The molecule has 60 valence electrons. The Kier molecular flexibility index (Phi) is 8.46. The zero-order chi connectivity index (χ0) is 7.82. The first-order valence-electron chi connectivity index (χ1n) is 3.78. The first-order valence-corrected chi connectivity index (χ1v) is 5.24. The molecular formula is C8H14ClI. The van der Waals surface area contributed by atoms with Crippen molar-refractivity contribution in [3.8, 4) is 0 Å². The third kappa shape index (κ3) is 8.76. The summed E-state index contributed by atoms with van der Waals surface area (Å²) in [5.74, 6) is 0. The van der Waals surface area contributed by atoms with Crippen LogP contribution in [-0.2, 0) is 0 Å². The molecule has 0 atom stereocenters. The van der Waals surface area contributed by atoms with Crippen LogP contribution in [0.5, 0.6) is 0 Å². The quantitative estimate of drug-likeness (QED) is 0.511. The molecule has 0 aliphatic rings. The Morgan fingerprint density at radius 1 is 1.40 bits per heavy atom. The molecule has 10 heavy (non-hydrogen) atoms. The van der Waals surface area contributed by atoms with E-state index in [4.69, 9.17) is 11.6 Å². The van der Waals surface area contributed by atoms with Gasteiger partial charge in [-0.15, -0.1) is 0 Å². The highest BCUT2D eigenvalue weighted by Gasteiger charge is 1.85. The van der Waals surface area contributed by atoms with Gasteiger partial charge in [0.25, 0.3) is 0 Å². The molecule has 0 aliphatic heterocycles. The molecule has 0 aromatic rings. The lowest BCUT2D eigenvalue weighted by Gasteiger charge is -1.93. The van der Waals surface area contributed by atoms with Crippen molar-refractivity contribution in [1.29, 1.82) is 0 Å². The Hall–Kier alpha value is 0.760. The monoisotopic (exact) mass is 272 g/mol. The summed E-state index contributed by atoms with van der Waals surface area (Å²) in [7, 11) is 0. The van der Waals surface area contributed by atoms with Crippen molar-refractivity contribution in [3.05, 3.63) is 9.12 Å². The van der Waals surface area contributed by atoms with Gasteiger partial charge in [-0.2, -0.15) is 0 Å². The standard InChI is InChI=1S/C8H14ClI/c1-2-3-4-5-6-7-8(9)10/h7H,2-6H2,1H3/b8-7-. The lowest BCUT2D eigenvalue weighted by atomic mass is 10.2. The van der Waals surface area contributed by atoms with Gasteiger partial charge in [0.15, 0.2) is 0 Å². The van der Waals surface area contributed by atoms with E-state index in [0.717, 1.165) is 9.46 Å². The van der Waals surface area contributed by atoms with Crippen molar-refractivity contribution < 1.29 is 0 Å². The van der Waals surface area contributed by atoms with Crippen LogP contribution >= 0.6 is 34.2 Å². The van der Waals surface area contributed by atoms with Crippen LogP contribution in [0.25, 0.3) is 0 Å². The summed E-state index contributed by atoms with van der Waals surface area (Å²) in [4.78, 5) is 0. The first-order chi connectivity index (χ1) is 4.77. The average Bonchev–Trinajstić information content (AvgIpc) is 1.87. The number of rotatable bonds is 5. The molecule has 0 bridgehead atoms. The maximum Gasteiger partial charge on any atom is 0.0749 e. The van der Waals surface area contributed by atoms with E-state index in [9.17, 15) is 0 Å². The van der Waals surface area contributed by atoms with Crippen molar-refractivity contribution in [3.63, 3.8) is 0 Å². The summed E-state index contributed by atoms with van der Waals surface area (Å²) in [6, 6.07) is 0. The van der Waals surface area contributed by atoms with E-state index in [1.54, 1.807) is 0 Å². The Morgan fingerprint density at radius 2 is 2.10 bits per heavy atom. The maximum absolute atomic E-state index is 5.64. The van der Waals surface area contributed by atoms with Gasteiger partial charge in [-0.3, -0.25) is 0 Å². The molecule has 0 amide bonds. The fourth-order valence-electron chi connectivity index (χ4n) is 0.782. The van der Waals surface area contributed by atoms with E-state index >= 15 is 0 Å². The molecule has 0 fully saturated rings. The predicted molar refractivity (Wildman–Crippen MR) is 56.7 cm³/mol. The molecule has 0 unspecified atom stereocenters. The van der Waals surface area contributed by atoms with Crippen LogP contribution in [0.2, 0.25) is 0 Å². The highest BCUT2D eigenvalue weighted by atomic mass is 127. The molecule has 0 heterocycles. The van der Waals surface area contributed by atoms with Gasteiger partial charge in [-0.05, 0) is 35.4 Å². The average molecular weight is 273 g/mol. The predicted octanol–water partition coefficient (Wildman–Crippen LogP) is 4.47. The van der Waals surface area contributed by atoms with Gasteiger partial charge in [0.2, 0.25) is 0 Å². The topological polar surface area (TPSA) is 0 Å². The lowest BCUT2D eigenvalue weighted by Crippen LogP contribution is -1.73. The van der Waals surface area contributed by atoms with Gasteiger partial charge < -0.3 is 0 Å². The van der Waals surface area contributed by atoms with E-state index in [-0.39, 0.29) is 0 Å². The van der Waals surface area contributed by atoms with Crippen LogP contribution in [0, 0.1) is 0 Å². The van der Waals surface area contributed by atoms with Crippen molar-refractivity contribution >= 4 is 34.2 Å². The molecule has 0 aromatic carbocycles. The highest BCUT2D eigenvalue weighted by molar-refractivity contribution is 14.1. The Bertz CT molecular complexity index is 95.4. The SMILES string of the molecule is CCCCCC/C=C(/Cl)I. The largest absolute Gasteiger partial charge is 0.0775 e. The number of unbranched alkanes of at least 4 members (excludes halogenated alkanes) is 4. The van der Waals surface area contributed by atoms with Crippen molar-refractivity contribution in [1.82, 2.24) is 0 Å². The number of hydrogen-bond donors (Lipinski definition) is 0. The molecular weight excluding hydrogens is 258 g/mol. The minimum Gasteiger partial charge on any atom is -0.0775 e. The molecule has 0 aromatic heterocycles. The van der Waals surface area contributed by atoms with Gasteiger partial charge >= 0.3 is 0 Å². The minimum atomic E-state index is 0.897. The molecule has 0 aliphatic carbocycles. The van der Waals surface area contributed by atoms with Crippen LogP contribution in [-0.4, -0.2) is 0 Å². The zero-order valence-corrected chi connectivity index (χ0v) is 9.28. The van der Waals surface area contributed by atoms with Gasteiger partial charge in [-0.25, -0.2) is 0 Å². The van der Waals surface area contributed by atoms with Gasteiger partial charge in [0, 0.05) is 0 Å². The second kappa shape index (κ2) is 7.86. The maximum atomic E-state index is 5.64. The Morgan fingerprint density at radius 3 is 2.60 bits per heavy atom. The smallest absolute Gasteiger partial charge is 0.0749 e. The molecule has 0 rings (SSSR count). The van der Waals surface area contributed by atoms with Gasteiger partial charge in [0.1, 0.15) is 0 Å². The summed E-state index contributed by atoms with van der Waals surface area (Å²) in [5, 5.41) is 0. The van der Waals surface area contributed by atoms with Crippen LogP contribution in [0.4, 0.5) is 0 Å². The Labute approximate surface area is 82.2 Å². The number of allylic oxidation sites excluding steroid dienone is 1. The summed E-state index contributed by atoms with van der Waals surface area (Å²) < 4.78 is 0.897.